The number of ether oxygens (including phenoxy) is 1. The molecule has 0 aliphatic heterocycles. The van der Waals surface area contributed by atoms with Gasteiger partial charge in [0.05, 0.1) is 6.61 Å². The number of carbonyl (C=O) groups excluding carboxylic acids is 1. The first-order chi connectivity index (χ1) is 8.31. The standard InChI is InChI=1S/C15H12O2/c1-2-17-14-8-7-12-11-6-4-3-5-10(11)9-13(12)15(14)16/h3-9H,2H2,1H3. The van der Waals surface area contributed by atoms with E-state index in [0.717, 1.165) is 22.3 Å². The second-order valence-electron chi connectivity index (χ2n) is 4.02. The molecule has 0 N–H and O–H groups in total. The van der Waals surface area contributed by atoms with Crippen LogP contribution in [0.2, 0.25) is 0 Å². The van der Waals surface area contributed by atoms with E-state index in [4.69, 9.17) is 4.74 Å². The Hall–Kier alpha value is -2.09. The Labute approximate surface area is 99.9 Å². The van der Waals surface area contributed by atoms with Crippen LogP contribution in [0.15, 0.2) is 47.7 Å². The molecule has 1 aromatic carbocycles. The van der Waals surface area contributed by atoms with Crippen LogP contribution < -0.4 is 0 Å². The summed E-state index contributed by atoms with van der Waals surface area (Å²) in [5.74, 6) is 0.427. The Bertz CT molecular complexity index is 589. The number of benzene rings is 1. The van der Waals surface area contributed by atoms with Crippen LogP contribution in [0.25, 0.3) is 11.6 Å². The molecule has 84 valence electrons. The summed E-state index contributed by atoms with van der Waals surface area (Å²) in [5, 5.41) is 0. The predicted molar refractivity (Wildman–Crippen MR) is 67.1 cm³/mol. The molecule has 0 atom stereocenters. The molecule has 0 unspecified atom stereocenters. The first-order valence-corrected chi connectivity index (χ1v) is 5.72. The molecular weight excluding hydrogens is 212 g/mol. The zero-order valence-corrected chi connectivity index (χ0v) is 9.57. The van der Waals surface area contributed by atoms with Crippen LogP contribution in [-0.2, 0) is 9.53 Å². The van der Waals surface area contributed by atoms with Crippen LogP contribution >= 0.6 is 0 Å². The van der Waals surface area contributed by atoms with Crippen molar-refractivity contribution >= 4 is 17.4 Å². The summed E-state index contributed by atoms with van der Waals surface area (Å²) in [5.41, 5.74) is 3.99. The van der Waals surface area contributed by atoms with E-state index >= 15 is 0 Å². The average Bonchev–Trinajstić information content (AvgIpc) is 2.73. The summed E-state index contributed by atoms with van der Waals surface area (Å²) in [6.07, 6.45) is 5.67. The van der Waals surface area contributed by atoms with Gasteiger partial charge in [-0.15, -0.1) is 0 Å². The van der Waals surface area contributed by atoms with Gasteiger partial charge in [-0.25, -0.2) is 0 Å². The zero-order valence-electron chi connectivity index (χ0n) is 9.57. The van der Waals surface area contributed by atoms with E-state index in [2.05, 4.69) is 0 Å². The smallest absolute Gasteiger partial charge is 0.228 e. The summed E-state index contributed by atoms with van der Waals surface area (Å²) in [6.45, 7) is 2.39. The fourth-order valence-electron chi connectivity index (χ4n) is 2.25. The molecule has 2 aliphatic carbocycles. The number of ketones is 1. The monoisotopic (exact) mass is 224 g/mol. The number of Topliss-reactive ketones (excluding diaryl/α,β-unsaturated/α-hetero) is 1. The van der Waals surface area contributed by atoms with E-state index in [9.17, 15) is 4.79 Å². The van der Waals surface area contributed by atoms with Crippen molar-refractivity contribution in [2.45, 2.75) is 6.92 Å². The molecule has 2 nitrogen and oxygen atoms in total. The maximum atomic E-state index is 12.2. The maximum Gasteiger partial charge on any atom is 0.228 e. The van der Waals surface area contributed by atoms with Gasteiger partial charge in [0.15, 0.2) is 5.76 Å². The summed E-state index contributed by atoms with van der Waals surface area (Å²) >= 11 is 0. The predicted octanol–water partition coefficient (Wildman–Crippen LogP) is 2.97. The Morgan fingerprint density at radius 1 is 1.12 bits per heavy atom. The third kappa shape index (κ3) is 1.45. The van der Waals surface area contributed by atoms with Crippen LogP contribution in [0.5, 0.6) is 0 Å². The molecule has 2 heteroatoms. The third-order valence-electron chi connectivity index (χ3n) is 3.01. The van der Waals surface area contributed by atoms with E-state index in [1.807, 2.05) is 43.3 Å². The van der Waals surface area contributed by atoms with Crippen molar-refractivity contribution in [3.05, 3.63) is 58.9 Å². The van der Waals surface area contributed by atoms with Gasteiger partial charge in [0.2, 0.25) is 5.78 Å². The van der Waals surface area contributed by atoms with Crippen LogP contribution in [0.4, 0.5) is 0 Å². The summed E-state index contributed by atoms with van der Waals surface area (Å²) in [7, 11) is 0. The molecule has 0 aromatic heterocycles. The fraction of sp³-hybridized carbons (Fsp3) is 0.133. The van der Waals surface area contributed by atoms with Gasteiger partial charge in [-0.05, 0) is 41.9 Å². The lowest BCUT2D eigenvalue weighted by Gasteiger charge is -2.13. The maximum absolute atomic E-state index is 12.2. The molecule has 3 rings (SSSR count). The lowest BCUT2D eigenvalue weighted by atomic mass is 9.95. The highest BCUT2D eigenvalue weighted by Crippen LogP contribution is 2.39. The molecule has 0 spiro atoms. The minimum absolute atomic E-state index is 0.0134. The highest BCUT2D eigenvalue weighted by molar-refractivity contribution is 6.25. The van der Waals surface area contributed by atoms with Crippen LogP contribution in [0.3, 0.4) is 0 Å². The number of hydrogen-bond donors (Lipinski definition) is 0. The van der Waals surface area contributed by atoms with Gasteiger partial charge in [-0.3, -0.25) is 4.79 Å². The Kier molecular flexibility index (Phi) is 2.22. The summed E-state index contributed by atoms with van der Waals surface area (Å²) in [6, 6.07) is 8.03. The molecule has 0 heterocycles. The molecule has 0 saturated carbocycles. The van der Waals surface area contributed by atoms with E-state index < -0.39 is 0 Å². The topological polar surface area (TPSA) is 26.3 Å². The van der Waals surface area contributed by atoms with E-state index in [0.29, 0.717) is 12.4 Å². The quantitative estimate of drug-likeness (QED) is 0.772. The minimum Gasteiger partial charge on any atom is -0.490 e. The highest BCUT2D eigenvalue weighted by atomic mass is 16.5. The summed E-state index contributed by atoms with van der Waals surface area (Å²) in [4.78, 5) is 12.2. The van der Waals surface area contributed by atoms with Gasteiger partial charge in [0.1, 0.15) is 0 Å². The number of carbonyl (C=O) groups is 1. The van der Waals surface area contributed by atoms with Gasteiger partial charge in [0.25, 0.3) is 0 Å². The van der Waals surface area contributed by atoms with E-state index in [1.165, 1.54) is 0 Å². The molecular formula is C15H12O2. The van der Waals surface area contributed by atoms with E-state index in [-0.39, 0.29) is 5.78 Å². The van der Waals surface area contributed by atoms with Gasteiger partial charge in [-0.1, -0.05) is 24.3 Å². The van der Waals surface area contributed by atoms with Crippen molar-refractivity contribution in [1.29, 1.82) is 0 Å². The number of allylic oxidation sites excluding steroid dienone is 4. The van der Waals surface area contributed by atoms with Crippen LogP contribution in [-0.4, -0.2) is 12.4 Å². The normalized spacial score (nSPS) is 16.8. The Morgan fingerprint density at radius 2 is 1.94 bits per heavy atom. The van der Waals surface area contributed by atoms with Crippen molar-refractivity contribution in [1.82, 2.24) is 0 Å². The zero-order chi connectivity index (χ0) is 11.8. The Balaban J connectivity index is 2.09. The number of fused-ring (bicyclic) bond motifs is 3. The molecule has 2 aliphatic rings. The van der Waals surface area contributed by atoms with Crippen LogP contribution in [0, 0.1) is 0 Å². The van der Waals surface area contributed by atoms with Crippen molar-refractivity contribution < 1.29 is 9.53 Å². The van der Waals surface area contributed by atoms with Gasteiger partial charge in [-0.2, -0.15) is 0 Å². The van der Waals surface area contributed by atoms with Gasteiger partial charge < -0.3 is 4.74 Å². The molecule has 0 bridgehead atoms. The van der Waals surface area contributed by atoms with E-state index in [1.54, 1.807) is 6.08 Å². The van der Waals surface area contributed by atoms with Gasteiger partial charge in [0, 0.05) is 5.57 Å². The van der Waals surface area contributed by atoms with Crippen molar-refractivity contribution in [3.8, 4) is 0 Å². The SMILES string of the molecule is CCOC1=CC=C2C(=Cc3ccccc32)C1=O. The Morgan fingerprint density at radius 3 is 2.76 bits per heavy atom. The molecule has 17 heavy (non-hydrogen) atoms. The first kappa shape index (κ1) is 10.1. The highest BCUT2D eigenvalue weighted by Gasteiger charge is 2.28. The molecule has 0 saturated heterocycles. The number of rotatable bonds is 2. The van der Waals surface area contributed by atoms with Crippen molar-refractivity contribution in [2.24, 2.45) is 0 Å². The lowest BCUT2D eigenvalue weighted by Crippen LogP contribution is -2.12. The largest absolute Gasteiger partial charge is 0.490 e. The summed E-state index contributed by atoms with van der Waals surface area (Å²) < 4.78 is 5.33. The second kappa shape index (κ2) is 3.74. The molecule has 1 aromatic rings. The average molecular weight is 224 g/mol. The lowest BCUT2D eigenvalue weighted by molar-refractivity contribution is -0.115. The van der Waals surface area contributed by atoms with Gasteiger partial charge >= 0.3 is 0 Å². The van der Waals surface area contributed by atoms with Crippen molar-refractivity contribution in [3.63, 3.8) is 0 Å². The molecule has 0 fully saturated rings. The first-order valence-electron chi connectivity index (χ1n) is 5.72. The molecule has 0 radical (unpaired) electrons. The second-order valence-corrected chi connectivity index (χ2v) is 4.02. The number of hydrogen-bond acceptors (Lipinski definition) is 2. The fourth-order valence-corrected chi connectivity index (χ4v) is 2.25. The minimum atomic E-state index is -0.0134. The third-order valence-corrected chi connectivity index (χ3v) is 3.01. The van der Waals surface area contributed by atoms with Crippen molar-refractivity contribution in [2.75, 3.05) is 6.61 Å². The van der Waals surface area contributed by atoms with Crippen LogP contribution in [0.1, 0.15) is 18.1 Å². The molecule has 0 amide bonds.